The summed E-state index contributed by atoms with van der Waals surface area (Å²) in [6, 6.07) is 9.63. The molecule has 0 spiro atoms. The Labute approximate surface area is 160 Å². The highest BCUT2D eigenvalue weighted by molar-refractivity contribution is 9.10. The molecule has 1 aliphatic rings. The van der Waals surface area contributed by atoms with Gasteiger partial charge in [0.25, 0.3) is 5.56 Å². The lowest BCUT2D eigenvalue weighted by atomic mass is 9.79. The summed E-state index contributed by atoms with van der Waals surface area (Å²) in [6.45, 7) is 1.81. The van der Waals surface area contributed by atoms with Crippen molar-refractivity contribution in [3.63, 3.8) is 0 Å². The molecular formula is C19H19BrN4O2. The minimum absolute atomic E-state index is 0.134. The zero-order chi connectivity index (χ0) is 19.2. The number of nitrogens with zero attached hydrogens (tertiary/aromatic N) is 3. The number of nitrogens with one attached hydrogen (secondary N) is 1. The highest BCUT2D eigenvalue weighted by Gasteiger charge is 2.39. The molecule has 26 heavy (non-hydrogen) atoms. The van der Waals surface area contributed by atoms with Crippen molar-refractivity contribution in [2.24, 2.45) is 13.0 Å². The predicted molar refractivity (Wildman–Crippen MR) is 104 cm³/mol. The molecule has 2 atom stereocenters. The van der Waals surface area contributed by atoms with E-state index in [1.807, 2.05) is 44.1 Å². The number of rotatable bonds is 2. The summed E-state index contributed by atoms with van der Waals surface area (Å²) >= 11 is 3.56. The summed E-state index contributed by atoms with van der Waals surface area (Å²) in [5.41, 5.74) is 2.74. The Bertz CT molecular complexity index is 1000. The molecule has 0 amide bonds. The van der Waals surface area contributed by atoms with Crippen molar-refractivity contribution in [1.29, 1.82) is 10.7 Å². The molecule has 1 aromatic carbocycles. The Morgan fingerprint density at radius 1 is 1.35 bits per heavy atom. The molecule has 0 bridgehead atoms. The summed E-state index contributed by atoms with van der Waals surface area (Å²) in [7, 11) is 5.58. The lowest BCUT2D eigenvalue weighted by molar-refractivity contribution is 0.442. The molecule has 3 rings (SSSR count). The Balaban J connectivity index is 2.28. The smallest absolute Gasteiger partial charge is 0.258 e. The maximum Gasteiger partial charge on any atom is 0.258 e. The van der Waals surface area contributed by atoms with E-state index in [-0.39, 0.29) is 11.5 Å². The Hall–Kier alpha value is -2.59. The maximum atomic E-state index is 12.9. The number of benzene rings is 1. The van der Waals surface area contributed by atoms with Crippen LogP contribution < -0.4 is 15.2 Å². The van der Waals surface area contributed by atoms with Gasteiger partial charge in [0.2, 0.25) is 5.90 Å². The van der Waals surface area contributed by atoms with Crippen molar-refractivity contribution < 1.29 is 4.74 Å². The second-order valence-electron chi connectivity index (χ2n) is 6.58. The summed E-state index contributed by atoms with van der Waals surface area (Å²) < 4.78 is 7.93. The van der Waals surface area contributed by atoms with Crippen LogP contribution in [-0.2, 0) is 7.05 Å². The summed E-state index contributed by atoms with van der Waals surface area (Å²) in [6.07, 6.45) is 0. The van der Waals surface area contributed by atoms with Crippen molar-refractivity contribution >= 4 is 27.5 Å². The van der Waals surface area contributed by atoms with Gasteiger partial charge in [-0.15, -0.1) is 0 Å². The maximum absolute atomic E-state index is 12.9. The molecule has 0 saturated carbocycles. The number of ether oxygens (including phenoxy) is 1. The molecule has 1 N–H and O–H groups in total. The quantitative estimate of drug-likeness (QED) is 0.817. The van der Waals surface area contributed by atoms with Crippen molar-refractivity contribution in [2.45, 2.75) is 12.8 Å². The Morgan fingerprint density at radius 2 is 2.04 bits per heavy atom. The molecule has 2 aromatic rings. The third-order valence-corrected chi connectivity index (χ3v) is 5.40. The van der Waals surface area contributed by atoms with E-state index < -0.39 is 11.8 Å². The highest BCUT2D eigenvalue weighted by Crippen LogP contribution is 2.42. The minimum atomic E-state index is -0.852. The van der Waals surface area contributed by atoms with Crippen LogP contribution in [0.3, 0.4) is 0 Å². The number of aryl methyl sites for hydroxylation is 1. The molecule has 0 aliphatic carbocycles. The highest BCUT2D eigenvalue weighted by atomic mass is 79.9. The number of nitriles is 1. The van der Waals surface area contributed by atoms with Crippen molar-refractivity contribution in [3.8, 4) is 11.8 Å². The second kappa shape index (κ2) is 6.61. The molecule has 6 nitrogen and oxygen atoms in total. The fourth-order valence-corrected chi connectivity index (χ4v) is 4.00. The topological polar surface area (TPSA) is 82.1 Å². The van der Waals surface area contributed by atoms with Crippen LogP contribution >= 0.6 is 15.9 Å². The van der Waals surface area contributed by atoms with Crippen LogP contribution in [-0.4, -0.2) is 24.6 Å². The molecule has 1 aliphatic heterocycles. The summed E-state index contributed by atoms with van der Waals surface area (Å²) in [5, 5.41) is 17.8. The van der Waals surface area contributed by atoms with Gasteiger partial charge < -0.3 is 14.2 Å². The number of hydrogen-bond donors (Lipinski definition) is 1. The summed E-state index contributed by atoms with van der Waals surface area (Å²) in [5.74, 6) is -1.18. The number of hydrogen-bond acceptors (Lipinski definition) is 5. The molecule has 0 saturated heterocycles. The lowest BCUT2D eigenvalue weighted by Crippen LogP contribution is -2.37. The Kier molecular flexibility index (Phi) is 4.63. The molecule has 2 heterocycles. The fraction of sp³-hybridized carbons (Fsp3) is 0.316. The first-order valence-electron chi connectivity index (χ1n) is 8.09. The molecule has 1 aromatic heterocycles. The van der Waals surface area contributed by atoms with Crippen LogP contribution in [0.2, 0.25) is 0 Å². The van der Waals surface area contributed by atoms with E-state index in [4.69, 9.17) is 10.1 Å². The van der Waals surface area contributed by atoms with E-state index in [1.54, 1.807) is 17.7 Å². The number of aromatic nitrogens is 1. The van der Waals surface area contributed by atoms with Gasteiger partial charge >= 0.3 is 0 Å². The van der Waals surface area contributed by atoms with E-state index in [0.717, 1.165) is 21.4 Å². The normalized spacial score (nSPS) is 18.7. The largest absolute Gasteiger partial charge is 0.442 e. The number of halogens is 1. The zero-order valence-corrected chi connectivity index (χ0v) is 16.6. The minimum Gasteiger partial charge on any atom is -0.442 e. The average Bonchev–Trinajstić information content (AvgIpc) is 2.58. The van der Waals surface area contributed by atoms with E-state index in [2.05, 4.69) is 22.0 Å². The molecular weight excluding hydrogens is 396 g/mol. The van der Waals surface area contributed by atoms with Gasteiger partial charge in [-0.2, -0.15) is 5.26 Å². The average molecular weight is 415 g/mol. The molecule has 0 radical (unpaired) electrons. The van der Waals surface area contributed by atoms with E-state index in [9.17, 15) is 10.1 Å². The fourth-order valence-electron chi connectivity index (χ4n) is 3.25. The molecule has 2 unspecified atom stereocenters. The van der Waals surface area contributed by atoms with Crippen LogP contribution in [0, 0.1) is 29.6 Å². The first kappa shape index (κ1) is 18.2. The van der Waals surface area contributed by atoms with Gasteiger partial charge in [-0.25, -0.2) is 0 Å². The van der Waals surface area contributed by atoms with Gasteiger partial charge in [-0.05, 0) is 40.5 Å². The van der Waals surface area contributed by atoms with Crippen LogP contribution in [0.1, 0.15) is 22.7 Å². The van der Waals surface area contributed by atoms with Gasteiger partial charge in [-0.3, -0.25) is 10.2 Å². The third kappa shape index (κ3) is 2.80. The van der Waals surface area contributed by atoms with E-state index >= 15 is 0 Å². The first-order chi connectivity index (χ1) is 12.3. The van der Waals surface area contributed by atoms with Gasteiger partial charge in [0.05, 0.1) is 17.3 Å². The first-order valence-corrected chi connectivity index (χ1v) is 8.88. The summed E-state index contributed by atoms with van der Waals surface area (Å²) in [4.78, 5) is 14.9. The predicted octanol–water partition coefficient (Wildman–Crippen LogP) is 3.16. The van der Waals surface area contributed by atoms with Crippen LogP contribution in [0.15, 0.2) is 33.5 Å². The van der Waals surface area contributed by atoms with Gasteiger partial charge in [0, 0.05) is 43.3 Å². The van der Waals surface area contributed by atoms with E-state index in [1.165, 1.54) is 0 Å². The van der Waals surface area contributed by atoms with Crippen molar-refractivity contribution in [1.82, 2.24) is 4.57 Å². The standard InChI is InChI=1S/C19H19BrN4O2/c1-10-7-15-17(19(25)24(10)4)16(12(9-21)18(22)26-15)11-5-6-14(23(2)3)13(20)8-11/h5-8,12,16,22H,1-4H3. The third-order valence-electron chi connectivity index (χ3n) is 4.77. The zero-order valence-electron chi connectivity index (χ0n) is 15.0. The molecule has 7 heteroatoms. The second-order valence-corrected chi connectivity index (χ2v) is 7.44. The van der Waals surface area contributed by atoms with Crippen LogP contribution in [0.5, 0.6) is 5.75 Å². The van der Waals surface area contributed by atoms with Crippen LogP contribution in [0.4, 0.5) is 5.69 Å². The molecule has 134 valence electrons. The van der Waals surface area contributed by atoms with Crippen LogP contribution in [0.25, 0.3) is 0 Å². The lowest BCUT2D eigenvalue weighted by Gasteiger charge is -2.31. The van der Waals surface area contributed by atoms with Gasteiger partial charge in [-0.1, -0.05) is 6.07 Å². The monoisotopic (exact) mass is 414 g/mol. The van der Waals surface area contributed by atoms with Gasteiger partial charge in [0.15, 0.2) is 0 Å². The number of fused-ring (bicyclic) bond motifs is 1. The van der Waals surface area contributed by atoms with E-state index in [0.29, 0.717) is 11.3 Å². The SMILES string of the molecule is Cc1cc2c(c(=O)n1C)C(c1ccc(N(C)C)c(Br)c1)C(C#N)C(=N)O2. The molecule has 0 fully saturated rings. The van der Waals surface area contributed by atoms with Crippen molar-refractivity contribution in [2.75, 3.05) is 19.0 Å². The number of pyridine rings is 1. The number of anilines is 1. The Morgan fingerprint density at radius 3 is 2.62 bits per heavy atom. The van der Waals surface area contributed by atoms with Crippen molar-refractivity contribution in [3.05, 3.63) is 55.9 Å². The van der Waals surface area contributed by atoms with Gasteiger partial charge in [0.1, 0.15) is 11.7 Å².